The molecule has 0 heterocycles. The molecule has 0 amide bonds. The van der Waals surface area contributed by atoms with Gasteiger partial charge in [-0.3, -0.25) is 4.99 Å². The third-order valence-electron chi connectivity index (χ3n) is 4.14. The lowest BCUT2D eigenvalue weighted by Gasteiger charge is -2.15. The van der Waals surface area contributed by atoms with Gasteiger partial charge in [-0.1, -0.05) is 51.1 Å². The highest BCUT2D eigenvalue weighted by Gasteiger charge is 2.06. The van der Waals surface area contributed by atoms with Crippen molar-refractivity contribution in [3.63, 3.8) is 0 Å². The Morgan fingerprint density at radius 1 is 1.09 bits per heavy atom. The van der Waals surface area contributed by atoms with E-state index >= 15 is 0 Å². The van der Waals surface area contributed by atoms with Crippen LogP contribution in [-0.2, 0) is 4.74 Å². The van der Waals surface area contributed by atoms with E-state index in [4.69, 9.17) is 8.92 Å². The molecule has 8 heteroatoms. The van der Waals surface area contributed by atoms with Gasteiger partial charge in [-0.05, 0) is 58.7 Å². The molecule has 0 bridgehead atoms. The second-order valence-electron chi connectivity index (χ2n) is 7.29. The van der Waals surface area contributed by atoms with Crippen LogP contribution in [0.2, 0.25) is 0 Å². The predicted molar refractivity (Wildman–Crippen MR) is 157 cm³/mol. The number of rotatable bonds is 12. The summed E-state index contributed by atoms with van der Waals surface area (Å²) in [6, 6.07) is 16.0. The molecule has 0 saturated carbocycles. The molecule has 0 fully saturated rings. The van der Waals surface area contributed by atoms with E-state index in [0.29, 0.717) is 12.8 Å². The zero-order valence-electron chi connectivity index (χ0n) is 22.2. The van der Waals surface area contributed by atoms with Crippen molar-refractivity contribution in [1.82, 2.24) is 9.62 Å². The molecule has 2 aromatic carbocycles. The Balaban J connectivity index is 0. The molecule has 0 aliphatic rings. The monoisotopic (exact) mass is 510 g/mol. The van der Waals surface area contributed by atoms with Crippen molar-refractivity contribution in [2.75, 3.05) is 32.6 Å². The van der Waals surface area contributed by atoms with Gasteiger partial charge in [0, 0.05) is 19.7 Å². The maximum Gasteiger partial charge on any atom is 0.146 e. The van der Waals surface area contributed by atoms with Gasteiger partial charge in [0.1, 0.15) is 18.0 Å². The predicted octanol–water partition coefficient (Wildman–Crippen LogP) is 7.20. The molecule has 6 nitrogen and oxygen atoms in total. The summed E-state index contributed by atoms with van der Waals surface area (Å²) in [5, 5.41) is 6.23. The SMILES string of the molecule is C=Nc1cc(OSN(C)CCC)ccc1NCNC.CC.CC(C)OC(C)c1ccccc1.S. The quantitative estimate of drug-likeness (QED) is 0.136. The fourth-order valence-electron chi connectivity index (χ4n) is 2.70. The molecule has 2 N–H and O–H groups in total. The number of hydrogen-bond acceptors (Lipinski definition) is 7. The van der Waals surface area contributed by atoms with Gasteiger partial charge in [0.15, 0.2) is 0 Å². The molecule has 2 rings (SSSR count). The maximum absolute atomic E-state index is 5.64. The third kappa shape index (κ3) is 15.2. The second-order valence-corrected chi connectivity index (χ2v) is 8.23. The zero-order chi connectivity index (χ0) is 25.1. The molecule has 34 heavy (non-hydrogen) atoms. The van der Waals surface area contributed by atoms with Gasteiger partial charge in [-0.15, -0.1) is 0 Å². The molecule has 0 aromatic heterocycles. The summed E-state index contributed by atoms with van der Waals surface area (Å²) in [5.74, 6) is 0.769. The van der Waals surface area contributed by atoms with Crippen LogP contribution in [0, 0.1) is 0 Å². The molecule has 0 aliphatic carbocycles. The number of hydrogen-bond donors (Lipinski definition) is 2. The van der Waals surface area contributed by atoms with E-state index in [-0.39, 0.29) is 19.6 Å². The normalized spacial score (nSPS) is 10.8. The van der Waals surface area contributed by atoms with E-state index in [1.807, 2.05) is 68.6 Å². The number of nitrogens with one attached hydrogen (secondary N) is 2. The average molecular weight is 511 g/mol. The lowest BCUT2D eigenvalue weighted by Crippen LogP contribution is -2.16. The Kier molecular flexibility index (Phi) is 22.1. The van der Waals surface area contributed by atoms with Gasteiger partial charge < -0.3 is 19.6 Å². The van der Waals surface area contributed by atoms with Gasteiger partial charge in [-0.2, -0.15) is 13.5 Å². The molecule has 2 aromatic rings. The fourth-order valence-corrected chi connectivity index (χ4v) is 3.27. The molecule has 0 saturated heterocycles. The highest BCUT2D eigenvalue weighted by atomic mass is 32.2. The van der Waals surface area contributed by atoms with E-state index in [2.05, 4.69) is 62.2 Å². The molecular weight excluding hydrogens is 464 g/mol. The summed E-state index contributed by atoms with van der Waals surface area (Å²) in [7, 11) is 3.88. The summed E-state index contributed by atoms with van der Waals surface area (Å²) in [6.07, 6.45) is 1.59. The molecule has 1 atom stereocenters. The van der Waals surface area contributed by atoms with Gasteiger partial charge in [-0.25, -0.2) is 4.31 Å². The third-order valence-corrected chi connectivity index (χ3v) is 4.84. The number of benzene rings is 2. The van der Waals surface area contributed by atoms with Crippen molar-refractivity contribution in [1.29, 1.82) is 0 Å². The first kappa shape index (κ1) is 34.5. The molecular formula is C26H46N4O2S2. The number of nitrogens with zero attached hydrogens (tertiary/aromatic N) is 2. The molecule has 0 aliphatic heterocycles. The van der Waals surface area contributed by atoms with Crippen molar-refractivity contribution >= 4 is 43.8 Å². The number of ether oxygens (including phenoxy) is 1. The second kappa shape index (κ2) is 21.8. The lowest BCUT2D eigenvalue weighted by molar-refractivity contribution is 0.0178. The highest BCUT2D eigenvalue weighted by Crippen LogP contribution is 2.31. The van der Waals surface area contributed by atoms with E-state index in [1.165, 1.54) is 17.8 Å². The Bertz CT molecular complexity index is 749. The topological polar surface area (TPSA) is 58.1 Å². The van der Waals surface area contributed by atoms with Crippen LogP contribution >= 0.6 is 25.7 Å². The van der Waals surface area contributed by atoms with Crippen LogP contribution in [0.5, 0.6) is 5.75 Å². The van der Waals surface area contributed by atoms with Crippen LogP contribution < -0.4 is 14.8 Å². The van der Waals surface area contributed by atoms with Gasteiger partial charge >= 0.3 is 0 Å². The minimum absolute atomic E-state index is 0. The average Bonchev–Trinajstić information content (AvgIpc) is 2.83. The van der Waals surface area contributed by atoms with Crippen molar-refractivity contribution in [2.24, 2.45) is 4.99 Å². The number of aliphatic imine (C=N–C) groups is 1. The maximum atomic E-state index is 5.64. The van der Waals surface area contributed by atoms with Crippen LogP contribution in [0.4, 0.5) is 11.4 Å². The fraction of sp³-hybridized carbons (Fsp3) is 0.500. The van der Waals surface area contributed by atoms with Gasteiger partial charge in [0.2, 0.25) is 0 Å². The van der Waals surface area contributed by atoms with Crippen LogP contribution in [0.25, 0.3) is 0 Å². The first-order valence-corrected chi connectivity index (χ1v) is 12.4. The van der Waals surface area contributed by atoms with Crippen molar-refractivity contribution in [2.45, 2.75) is 60.2 Å². The Labute approximate surface area is 219 Å². The highest BCUT2D eigenvalue weighted by molar-refractivity contribution is 7.92. The molecule has 0 radical (unpaired) electrons. The smallest absolute Gasteiger partial charge is 0.146 e. The van der Waals surface area contributed by atoms with Crippen LogP contribution in [0.1, 0.15) is 59.6 Å². The summed E-state index contributed by atoms with van der Waals surface area (Å²) in [4.78, 5) is 4.00. The van der Waals surface area contributed by atoms with E-state index in [9.17, 15) is 0 Å². The van der Waals surface area contributed by atoms with E-state index in [0.717, 1.165) is 30.1 Å². The van der Waals surface area contributed by atoms with Crippen molar-refractivity contribution in [3.8, 4) is 5.75 Å². The van der Waals surface area contributed by atoms with E-state index in [1.54, 1.807) is 0 Å². The van der Waals surface area contributed by atoms with Crippen molar-refractivity contribution < 1.29 is 8.92 Å². The summed E-state index contributed by atoms with van der Waals surface area (Å²) < 4.78 is 13.3. The summed E-state index contributed by atoms with van der Waals surface area (Å²) >= 11 is 1.34. The first-order valence-electron chi connectivity index (χ1n) is 11.7. The van der Waals surface area contributed by atoms with Crippen LogP contribution in [-0.4, -0.2) is 44.4 Å². The van der Waals surface area contributed by atoms with Gasteiger partial charge in [0.05, 0.1) is 30.3 Å². The minimum atomic E-state index is 0. The van der Waals surface area contributed by atoms with E-state index < -0.39 is 0 Å². The Morgan fingerprint density at radius 3 is 2.26 bits per heavy atom. The largest absolute Gasteiger partial charge is 0.409 e. The van der Waals surface area contributed by atoms with Crippen LogP contribution in [0.3, 0.4) is 0 Å². The van der Waals surface area contributed by atoms with Gasteiger partial charge in [0.25, 0.3) is 0 Å². The van der Waals surface area contributed by atoms with Crippen LogP contribution in [0.15, 0.2) is 53.5 Å². The first-order chi connectivity index (χ1) is 15.9. The standard InChI is InChI=1S/C13H22N4OS.C11H16O.C2H6.H2S/c1-5-8-17(4)19-18-11-6-7-12(16-10-14-2)13(9-11)15-3;1-9(2)12-10(3)11-7-5-4-6-8-11;1-2;/h6-7,9,14,16H,3,5,8,10H2,1-2,4H3;4-10H,1-3H3;1-2H3;1H2. The molecule has 0 spiro atoms. The minimum Gasteiger partial charge on any atom is -0.409 e. The number of anilines is 1. The Hall–Kier alpha value is -1.71. The molecule has 194 valence electrons. The van der Waals surface area contributed by atoms with Crippen molar-refractivity contribution in [3.05, 3.63) is 54.1 Å². The lowest BCUT2D eigenvalue weighted by atomic mass is 10.1. The Morgan fingerprint density at radius 2 is 1.74 bits per heavy atom. The molecule has 1 unspecified atom stereocenters. The summed E-state index contributed by atoms with van der Waals surface area (Å²) in [5.41, 5.74) is 2.96. The summed E-state index contributed by atoms with van der Waals surface area (Å²) in [6.45, 7) is 17.6. The zero-order valence-corrected chi connectivity index (χ0v) is 24.0.